The van der Waals surface area contributed by atoms with E-state index >= 15 is 0 Å². The first-order chi connectivity index (χ1) is 16.9. The zero-order chi connectivity index (χ0) is 25.3. The van der Waals surface area contributed by atoms with E-state index in [0.717, 1.165) is 31.0 Å². The van der Waals surface area contributed by atoms with E-state index in [9.17, 15) is 0 Å². The van der Waals surface area contributed by atoms with Crippen molar-refractivity contribution in [1.29, 1.82) is 0 Å². The van der Waals surface area contributed by atoms with Crippen LogP contribution in [0.1, 0.15) is 142 Å². The Morgan fingerprint density at radius 3 is 2.21 bits per heavy atom. The normalized spacial score (nSPS) is 20.4. The zero-order valence-electron chi connectivity index (χ0n) is 24.4. The molecule has 0 unspecified atom stereocenters. The standard InChI is InChI=1S/C23H36.C11H18O.2CH4.H2O/c1-7-19(8-2)12-9-13-20-16-22-21(15-18(20)4)17(3)11-10-14-23(22,5)6;1-2-4-10(5-3-1)11-6-8-12-9-7-11;;;/h11,15-16,19H,7-10,12-14H2,1-6H3;1-2,10-11H,3-9H2;2*1H4;1H2/t;10-;;;/m.0.../s1. The monoisotopic (exact) mass is 528 g/mol. The molecule has 220 valence electrons. The summed E-state index contributed by atoms with van der Waals surface area (Å²) in [6.45, 7) is 16.1. The maximum atomic E-state index is 5.37. The van der Waals surface area contributed by atoms with E-state index in [0.29, 0.717) is 5.41 Å². The SMILES string of the molecule is C.C.C1=CC[C@H](C2CCOCC2)CC1.CCC(CC)CCCc1cc2c(cc1C)C(C)=CCCC2(C)C.O. The van der Waals surface area contributed by atoms with Crippen molar-refractivity contribution in [1.82, 2.24) is 0 Å². The lowest BCUT2D eigenvalue weighted by atomic mass is 9.77. The minimum atomic E-state index is 0. The average Bonchev–Trinajstić information content (AvgIpc) is 2.98. The van der Waals surface area contributed by atoms with Crippen LogP contribution in [0.3, 0.4) is 0 Å². The Balaban J connectivity index is 0.000000777. The molecule has 0 radical (unpaired) electrons. The largest absolute Gasteiger partial charge is 0.412 e. The predicted molar refractivity (Wildman–Crippen MR) is 171 cm³/mol. The third-order valence-corrected chi connectivity index (χ3v) is 9.31. The van der Waals surface area contributed by atoms with Gasteiger partial charge in [0.1, 0.15) is 0 Å². The Hall–Kier alpha value is -1.38. The summed E-state index contributed by atoms with van der Waals surface area (Å²) in [4.78, 5) is 0. The molecule has 0 aromatic heterocycles. The quantitative estimate of drug-likeness (QED) is 0.324. The van der Waals surface area contributed by atoms with Crippen molar-refractivity contribution in [3.63, 3.8) is 0 Å². The van der Waals surface area contributed by atoms with Crippen molar-refractivity contribution in [2.75, 3.05) is 13.2 Å². The van der Waals surface area contributed by atoms with Crippen LogP contribution >= 0.6 is 0 Å². The van der Waals surface area contributed by atoms with E-state index in [-0.39, 0.29) is 20.3 Å². The molecular weight excluding hydrogens is 464 g/mol. The van der Waals surface area contributed by atoms with Crippen molar-refractivity contribution >= 4 is 5.57 Å². The van der Waals surface area contributed by atoms with Gasteiger partial charge in [0.05, 0.1) is 0 Å². The molecule has 1 aliphatic heterocycles. The summed E-state index contributed by atoms with van der Waals surface area (Å²) in [6, 6.07) is 5.00. The number of benzene rings is 1. The van der Waals surface area contributed by atoms with Gasteiger partial charge in [0, 0.05) is 13.2 Å². The Bertz CT molecular complexity index is 837. The molecule has 0 spiro atoms. The van der Waals surface area contributed by atoms with Gasteiger partial charge in [-0.05, 0) is 123 Å². The van der Waals surface area contributed by atoms with Crippen LogP contribution in [0.5, 0.6) is 0 Å². The van der Waals surface area contributed by atoms with Crippen molar-refractivity contribution in [3.8, 4) is 0 Å². The number of allylic oxidation sites excluding steroid dienone is 4. The van der Waals surface area contributed by atoms with Gasteiger partial charge in [-0.3, -0.25) is 0 Å². The molecule has 4 rings (SSSR count). The Morgan fingerprint density at radius 2 is 1.61 bits per heavy atom. The van der Waals surface area contributed by atoms with Crippen LogP contribution in [0.15, 0.2) is 30.4 Å². The third kappa shape index (κ3) is 10.3. The molecule has 1 aromatic rings. The van der Waals surface area contributed by atoms with Gasteiger partial charge >= 0.3 is 0 Å². The van der Waals surface area contributed by atoms with Gasteiger partial charge in [0.15, 0.2) is 0 Å². The summed E-state index contributed by atoms with van der Waals surface area (Å²) in [5, 5.41) is 0. The highest BCUT2D eigenvalue weighted by molar-refractivity contribution is 5.70. The molecule has 0 amide bonds. The second kappa shape index (κ2) is 18.1. The number of aryl methyl sites for hydroxylation is 2. The summed E-state index contributed by atoms with van der Waals surface area (Å²) in [5.74, 6) is 2.85. The highest BCUT2D eigenvalue weighted by atomic mass is 16.5. The molecule has 1 saturated heterocycles. The van der Waals surface area contributed by atoms with Gasteiger partial charge in [-0.15, -0.1) is 0 Å². The van der Waals surface area contributed by atoms with E-state index in [2.05, 4.69) is 71.9 Å². The summed E-state index contributed by atoms with van der Waals surface area (Å²) in [6.07, 6.45) is 22.9. The van der Waals surface area contributed by atoms with Crippen molar-refractivity contribution in [3.05, 3.63) is 52.6 Å². The molecule has 1 aromatic carbocycles. The maximum Gasteiger partial charge on any atom is 0.0468 e. The molecule has 0 saturated carbocycles. The molecule has 2 heteroatoms. The van der Waals surface area contributed by atoms with Crippen LogP contribution in [0, 0.1) is 24.7 Å². The van der Waals surface area contributed by atoms with E-state index in [1.807, 2.05) is 0 Å². The lowest BCUT2D eigenvalue weighted by Crippen LogP contribution is -2.23. The van der Waals surface area contributed by atoms with Crippen LogP contribution in [0.4, 0.5) is 0 Å². The van der Waals surface area contributed by atoms with Gasteiger partial charge in [-0.2, -0.15) is 0 Å². The van der Waals surface area contributed by atoms with Gasteiger partial charge in [0.25, 0.3) is 0 Å². The number of rotatable bonds is 7. The molecule has 2 N–H and O–H groups in total. The van der Waals surface area contributed by atoms with Crippen LogP contribution < -0.4 is 0 Å². The molecule has 1 atom stereocenters. The molecule has 2 aliphatic carbocycles. The number of ether oxygens (including phenoxy) is 1. The smallest absolute Gasteiger partial charge is 0.0468 e. The highest BCUT2D eigenvalue weighted by Crippen LogP contribution is 2.39. The van der Waals surface area contributed by atoms with E-state index in [4.69, 9.17) is 4.74 Å². The summed E-state index contributed by atoms with van der Waals surface area (Å²) in [5.41, 5.74) is 7.90. The van der Waals surface area contributed by atoms with Crippen molar-refractivity contribution in [2.45, 2.75) is 139 Å². The van der Waals surface area contributed by atoms with E-state index in [1.54, 1.807) is 11.1 Å². The molecule has 2 nitrogen and oxygen atoms in total. The second-order valence-corrected chi connectivity index (χ2v) is 12.2. The van der Waals surface area contributed by atoms with Crippen LogP contribution in [0.25, 0.3) is 5.57 Å². The molecule has 3 aliphatic rings. The molecular formula is C36H64O2. The summed E-state index contributed by atoms with van der Waals surface area (Å²) in [7, 11) is 0. The first-order valence-electron chi connectivity index (χ1n) is 14.9. The van der Waals surface area contributed by atoms with E-state index in [1.165, 1.54) is 93.7 Å². The van der Waals surface area contributed by atoms with Crippen molar-refractivity contribution in [2.24, 2.45) is 17.8 Å². The van der Waals surface area contributed by atoms with Gasteiger partial charge in [-0.25, -0.2) is 0 Å². The second-order valence-electron chi connectivity index (χ2n) is 12.2. The summed E-state index contributed by atoms with van der Waals surface area (Å²) < 4.78 is 5.37. The van der Waals surface area contributed by atoms with Crippen LogP contribution in [-0.4, -0.2) is 18.7 Å². The first kappa shape index (κ1) is 36.6. The first-order valence-corrected chi connectivity index (χ1v) is 14.9. The maximum absolute atomic E-state index is 5.37. The van der Waals surface area contributed by atoms with Gasteiger partial charge in [0.2, 0.25) is 0 Å². The molecule has 1 heterocycles. The Labute approximate surface area is 238 Å². The Morgan fingerprint density at radius 1 is 0.921 bits per heavy atom. The lowest BCUT2D eigenvalue weighted by Gasteiger charge is -2.30. The van der Waals surface area contributed by atoms with E-state index < -0.39 is 0 Å². The van der Waals surface area contributed by atoms with Gasteiger partial charge in [-0.1, -0.05) is 92.2 Å². The topological polar surface area (TPSA) is 40.7 Å². The highest BCUT2D eigenvalue weighted by Gasteiger charge is 2.27. The van der Waals surface area contributed by atoms with Crippen LogP contribution in [-0.2, 0) is 16.6 Å². The molecule has 0 bridgehead atoms. The molecule has 1 fully saturated rings. The van der Waals surface area contributed by atoms with Crippen LogP contribution in [0.2, 0.25) is 0 Å². The fourth-order valence-corrected chi connectivity index (χ4v) is 6.51. The number of hydrogen-bond donors (Lipinski definition) is 0. The lowest BCUT2D eigenvalue weighted by molar-refractivity contribution is 0.0449. The predicted octanol–water partition coefficient (Wildman–Crippen LogP) is 10.4. The number of fused-ring (bicyclic) bond motifs is 1. The fraction of sp³-hybridized carbons (Fsp3) is 0.722. The fourth-order valence-electron chi connectivity index (χ4n) is 6.51. The van der Waals surface area contributed by atoms with Crippen molar-refractivity contribution < 1.29 is 10.2 Å². The zero-order valence-corrected chi connectivity index (χ0v) is 24.4. The summed E-state index contributed by atoms with van der Waals surface area (Å²) >= 11 is 0. The molecule has 38 heavy (non-hydrogen) atoms. The number of hydrogen-bond acceptors (Lipinski definition) is 1. The third-order valence-electron chi connectivity index (χ3n) is 9.31. The minimum Gasteiger partial charge on any atom is -0.412 e. The average molecular weight is 529 g/mol. The minimum absolute atomic E-state index is 0. The van der Waals surface area contributed by atoms with Gasteiger partial charge < -0.3 is 10.2 Å². The Kier molecular flexibility index (Phi) is 17.4.